The number of rotatable bonds is 4. The standard InChI is InChI=1S/C15H22N4O/c1-13-10-18-19(11-13)9-8-17-14(20)15(12-16)6-4-2-3-5-7-15/h10-11H,2-9H2,1H3,(H,17,20). The number of aryl methyl sites for hydroxylation is 1. The van der Waals surface area contributed by atoms with Crippen molar-refractivity contribution >= 4 is 5.91 Å². The summed E-state index contributed by atoms with van der Waals surface area (Å²) >= 11 is 0. The van der Waals surface area contributed by atoms with Crippen LogP contribution in [0.25, 0.3) is 0 Å². The van der Waals surface area contributed by atoms with Gasteiger partial charge in [0, 0.05) is 12.7 Å². The quantitative estimate of drug-likeness (QED) is 0.855. The van der Waals surface area contributed by atoms with Crippen molar-refractivity contribution < 1.29 is 4.79 Å². The van der Waals surface area contributed by atoms with Crippen LogP contribution >= 0.6 is 0 Å². The van der Waals surface area contributed by atoms with E-state index in [9.17, 15) is 10.1 Å². The summed E-state index contributed by atoms with van der Waals surface area (Å²) in [7, 11) is 0. The van der Waals surface area contributed by atoms with E-state index in [2.05, 4.69) is 16.5 Å². The Hall–Kier alpha value is -1.83. The maximum absolute atomic E-state index is 12.3. The minimum atomic E-state index is -0.809. The second-order valence-corrected chi connectivity index (χ2v) is 5.64. The zero-order valence-electron chi connectivity index (χ0n) is 12.1. The predicted molar refractivity (Wildman–Crippen MR) is 75.7 cm³/mol. The highest BCUT2D eigenvalue weighted by Crippen LogP contribution is 2.34. The molecule has 0 saturated heterocycles. The molecule has 0 spiro atoms. The first-order valence-corrected chi connectivity index (χ1v) is 7.35. The Labute approximate surface area is 120 Å². The fraction of sp³-hybridized carbons (Fsp3) is 0.667. The molecule has 1 aromatic heterocycles. The van der Waals surface area contributed by atoms with E-state index in [0.717, 1.165) is 31.2 Å². The number of nitriles is 1. The van der Waals surface area contributed by atoms with E-state index in [1.165, 1.54) is 0 Å². The van der Waals surface area contributed by atoms with Crippen LogP contribution in [0.3, 0.4) is 0 Å². The summed E-state index contributed by atoms with van der Waals surface area (Å²) in [5, 5.41) is 16.5. The summed E-state index contributed by atoms with van der Waals surface area (Å²) in [6.45, 7) is 3.14. The highest BCUT2D eigenvalue weighted by Gasteiger charge is 2.38. The number of aromatic nitrogens is 2. The molecule has 20 heavy (non-hydrogen) atoms. The molecule has 1 heterocycles. The van der Waals surface area contributed by atoms with E-state index >= 15 is 0 Å². The van der Waals surface area contributed by atoms with Gasteiger partial charge >= 0.3 is 0 Å². The van der Waals surface area contributed by atoms with Gasteiger partial charge in [-0.15, -0.1) is 0 Å². The molecule has 0 radical (unpaired) electrons. The third-order valence-electron chi connectivity index (χ3n) is 3.99. The van der Waals surface area contributed by atoms with Crippen molar-refractivity contribution in [3.63, 3.8) is 0 Å². The summed E-state index contributed by atoms with van der Waals surface area (Å²) in [6, 6.07) is 2.28. The highest BCUT2D eigenvalue weighted by molar-refractivity contribution is 5.85. The molecule has 1 fully saturated rings. The lowest BCUT2D eigenvalue weighted by Gasteiger charge is -2.23. The molecule has 108 valence electrons. The lowest BCUT2D eigenvalue weighted by atomic mass is 9.81. The van der Waals surface area contributed by atoms with Crippen LogP contribution in [0.5, 0.6) is 0 Å². The fourth-order valence-corrected chi connectivity index (χ4v) is 2.76. The minimum absolute atomic E-state index is 0.106. The zero-order valence-corrected chi connectivity index (χ0v) is 12.1. The van der Waals surface area contributed by atoms with Crippen LogP contribution in [-0.2, 0) is 11.3 Å². The number of nitrogens with zero attached hydrogens (tertiary/aromatic N) is 3. The molecule has 1 aliphatic carbocycles. The Kier molecular flexibility index (Phi) is 4.78. The van der Waals surface area contributed by atoms with Gasteiger partial charge in [0.1, 0.15) is 5.41 Å². The van der Waals surface area contributed by atoms with Gasteiger partial charge in [-0.2, -0.15) is 10.4 Å². The average Bonchev–Trinajstić information content (AvgIpc) is 2.73. The molecule has 5 heteroatoms. The number of carbonyl (C=O) groups is 1. The number of hydrogen-bond donors (Lipinski definition) is 1. The van der Waals surface area contributed by atoms with Crippen LogP contribution in [0, 0.1) is 23.7 Å². The predicted octanol–water partition coefficient (Wildman–Crippen LogP) is 2.17. The van der Waals surface area contributed by atoms with Gasteiger partial charge in [0.05, 0.1) is 18.8 Å². The average molecular weight is 274 g/mol. The largest absolute Gasteiger partial charge is 0.353 e. The third-order valence-corrected chi connectivity index (χ3v) is 3.99. The molecule has 0 bridgehead atoms. The van der Waals surface area contributed by atoms with Crippen molar-refractivity contribution in [2.24, 2.45) is 5.41 Å². The molecular formula is C15H22N4O. The van der Waals surface area contributed by atoms with Crippen molar-refractivity contribution in [3.8, 4) is 6.07 Å². The number of amides is 1. The number of nitrogens with one attached hydrogen (secondary N) is 1. The normalized spacial score (nSPS) is 18.0. The van der Waals surface area contributed by atoms with Crippen LogP contribution in [0.1, 0.15) is 44.1 Å². The second kappa shape index (κ2) is 6.56. The molecule has 1 aromatic rings. The first kappa shape index (κ1) is 14.6. The summed E-state index contributed by atoms with van der Waals surface area (Å²) in [5.41, 5.74) is 0.296. The molecule has 1 N–H and O–H groups in total. The second-order valence-electron chi connectivity index (χ2n) is 5.64. The van der Waals surface area contributed by atoms with E-state index in [1.807, 2.05) is 17.8 Å². The van der Waals surface area contributed by atoms with Crippen LogP contribution in [0.4, 0.5) is 0 Å². The molecule has 1 amide bonds. The Morgan fingerprint density at radius 2 is 2.15 bits per heavy atom. The van der Waals surface area contributed by atoms with Gasteiger partial charge in [0.25, 0.3) is 0 Å². The summed E-state index contributed by atoms with van der Waals surface area (Å²) in [4.78, 5) is 12.3. The summed E-state index contributed by atoms with van der Waals surface area (Å²) in [5.74, 6) is -0.106. The van der Waals surface area contributed by atoms with Crippen LogP contribution in [0.15, 0.2) is 12.4 Å². The Morgan fingerprint density at radius 3 is 2.70 bits per heavy atom. The number of carbonyl (C=O) groups excluding carboxylic acids is 1. The third kappa shape index (κ3) is 3.38. The Morgan fingerprint density at radius 1 is 1.45 bits per heavy atom. The monoisotopic (exact) mass is 274 g/mol. The molecule has 0 atom stereocenters. The van der Waals surface area contributed by atoms with Gasteiger partial charge in [-0.05, 0) is 25.3 Å². The van der Waals surface area contributed by atoms with Gasteiger partial charge < -0.3 is 5.32 Å². The minimum Gasteiger partial charge on any atom is -0.353 e. The Balaban J connectivity index is 1.87. The first-order chi connectivity index (χ1) is 9.66. The lowest BCUT2D eigenvalue weighted by molar-refractivity contribution is -0.128. The van der Waals surface area contributed by atoms with E-state index in [1.54, 1.807) is 6.20 Å². The van der Waals surface area contributed by atoms with E-state index in [4.69, 9.17) is 0 Å². The van der Waals surface area contributed by atoms with Crippen molar-refractivity contribution in [2.75, 3.05) is 6.54 Å². The first-order valence-electron chi connectivity index (χ1n) is 7.35. The van der Waals surface area contributed by atoms with E-state index in [0.29, 0.717) is 25.9 Å². The molecule has 1 aliphatic rings. The van der Waals surface area contributed by atoms with Gasteiger partial charge in [0.15, 0.2) is 0 Å². The summed E-state index contributed by atoms with van der Waals surface area (Å²) < 4.78 is 1.81. The molecule has 2 rings (SSSR count). The smallest absolute Gasteiger partial charge is 0.240 e. The highest BCUT2D eigenvalue weighted by atomic mass is 16.2. The molecule has 0 aromatic carbocycles. The maximum Gasteiger partial charge on any atom is 0.240 e. The molecule has 0 unspecified atom stereocenters. The Bertz CT molecular complexity index is 492. The van der Waals surface area contributed by atoms with Crippen LogP contribution in [-0.4, -0.2) is 22.2 Å². The molecule has 1 saturated carbocycles. The number of hydrogen-bond acceptors (Lipinski definition) is 3. The van der Waals surface area contributed by atoms with Crippen LogP contribution in [0.2, 0.25) is 0 Å². The summed E-state index contributed by atoms with van der Waals surface area (Å²) in [6.07, 6.45) is 9.32. The van der Waals surface area contributed by atoms with E-state index in [-0.39, 0.29) is 5.91 Å². The molecular weight excluding hydrogens is 252 g/mol. The van der Waals surface area contributed by atoms with Crippen molar-refractivity contribution in [1.29, 1.82) is 5.26 Å². The van der Waals surface area contributed by atoms with Gasteiger partial charge in [-0.25, -0.2) is 0 Å². The van der Waals surface area contributed by atoms with Gasteiger partial charge in [0.2, 0.25) is 5.91 Å². The SMILES string of the molecule is Cc1cnn(CCNC(=O)C2(C#N)CCCCCC2)c1. The van der Waals surface area contributed by atoms with Crippen molar-refractivity contribution in [1.82, 2.24) is 15.1 Å². The van der Waals surface area contributed by atoms with Crippen LogP contribution < -0.4 is 5.32 Å². The van der Waals surface area contributed by atoms with Gasteiger partial charge in [-0.3, -0.25) is 9.48 Å². The lowest BCUT2D eigenvalue weighted by Crippen LogP contribution is -2.41. The zero-order chi connectivity index (χ0) is 14.4. The molecule has 0 aliphatic heterocycles. The van der Waals surface area contributed by atoms with Crippen molar-refractivity contribution in [3.05, 3.63) is 18.0 Å². The van der Waals surface area contributed by atoms with Crippen molar-refractivity contribution in [2.45, 2.75) is 52.0 Å². The topological polar surface area (TPSA) is 70.7 Å². The molecule has 5 nitrogen and oxygen atoms in total. The fourth-order valence-electron chi connectivity index (χ4n) is 2.76. The van der Waals surface area contributed by atoms with Gasteiger partial charge in [-0.1, -0.05) is 25.7 Å². The maximum atomic E-state index is 12.3. The van der Waals surface area contributed by atoms with E-state index < -0.39 is 5.41 Å².